The Balaban J connectivity index is 1.92. The second kappa shape index (κ2) is 5.40. The zero-order valence-electron chi connectivity index (χ0n) is 11.9. The van der Waals surface area contributed by atoms with Gasteiger partial charge in [-0.15, -0.1) is 0 Å². The van der Waals surface area contributed by atoms with E-state index < -0.39 is 0 Å². The minimum Gasteiger partial charge on any atom is -0.423 e. The topological polar surface area (TPSA) is 73.0 Å². The van der Waals surface area contributed by atoms with Crippen LogP contribution in [0.5, 0.6) is 0 Å². The molecule has 0 saturated carbocycles. The van der Waals surface area contributed by atoms with Gasteiger partial charge in [-0.2, -0.15) is 5.10 Å². The SMILES string of the molecule is CC(C)n1ncnc1CNc1cc(=O)oc2ccccc12. The fourth-order valence-electron chi connectivity index (χ4n) is 2.26. The predicted molar refractivity (Wildman–Crippen MR) is 80.2 cm³/mol. The Labute approximate surface area is 121 Å². The van der Waals surface area contributed by atoms with E-state index in [9.17, 15) is 4.79 Å². The lowest BCUT2D eigenvalue weighted by Crippen LogP contribution is -2.13. The average Bonchev–Trinajstić information content (AvgIpc) is 2.93. The Bertz CT molecular complexity index is 820. The summed E-state index contributed by atoms with van der Waals surface area (Å²) in [5.74, 6) is 0.822. The molecule has 0 aliphatic rings. The number of anilines is 1. The number of hydrogen-bond donors (Lipinski definition) is 1. The summed E-state index contributed by atoms with van der Waals surface area (Å²) >= 11 is 0. The van der Waals surface area contributed by atoms with Crippen molar-refractivity contribution in [3.8, 4) is 0 Å². The van der Waals surface area contributed by atoms with Gasteiger partial charge < -0.3 is 9.73 Å². The number of nitrogens with zero attached hydrogens (tertiary/aromatic N) is 3. The van der Waals surface area contributed by atoms with Crippen LogP contribution in [0.3, 0.4) is 0 Å². The second-order valence-electron chi connectivity index (χ2n) is 5.04. The Morgan fingerprint density at radius 3 is 2.95 bits per heavy atom. The van der Waals surface area contributed by atoms with Crippen molar-refractivity contribution in [1.82, 2.24) is 14.8 Å². The van der Waals surface area contributed by atoms with Crippen LogP contribution in [-0.2, 0) is 6.54 Å². The van der Waals surface area contributed by atoms with Crippen LogP contribution in [-0.4, -0.2) is 14.8 Å². The van der Waals surface area contributed by atoms with E-state index in [-0.39, 0.29) is 11.7 Å². The van der Waals surface area contributed by atoms with E-state index in [0.717, 1.165) is 16.9 Å². The van der Waals surface area contributed by atoms with Crippen molar-refractivity contribution in [2.45, 2.75) is 26.4 Å². The van der Waals surface area contributed by atoms with Crippen LogP contribution >= 0.6 is 0 Å². The maximum atomic E-state index is 11.6. The van der Waals surface area contributed by atoms with Crippen molar-refractivity contribution in [2.24, 2.45) is 0 Å². The van der Waals surface area contributed by atoms with Gasteiger partial charge in [-0.1, -0.05) is 12.1 Å². The molecule has 0 bridgehead atoms. The van der Waals surface area contributed by atoms with E-state index in [0.29, 0.717) is 12.1 Å². The van der Waals surface area contributed by atoms with E-state index in [2.05, 4.69) is 15.4 Å². The van der Waals surface area contributed by atoms with Crippen LogP contribution in [0.2, 0.25) is 0 Å². The van der Waals surface area contributed by atoms with Crippen LogP contribution < -0.4 is 10.9 Å². The molecule has 0 spiro atoms. The Morgan fingerprint density at radius 2 is 2.14 bits per heavy atom. The molecule has 21 heavy (non-hydrogen) atoms. The molecule has 3 rings (SSSR count). The lowest BCUT2D eigenvalue weighted by molar-refractivity contribution is 0.509. The van der Waals surface area contributed by atoms with Crippen LogP contribution in [0.4, 0.5) is 5.69 Å². The van der Waals surface area contributed by atoms with Crippen LogP contribution in [0.1, 0.15) is 25.7 Å². The molecule has 2 heterocycles. The van der Waals surface area contributed by atoms with Gasteiger partial charge >= 0.3 is 5.63 Å². The summed E-state index contributed by atoms with van der Waals surface area (Å²) in [5, 5.41) is 8.30. The predicted octanol–water partition coefficient (Wildman–Crippen LogP) is 2.58. The van der Waals surface area contributed by atoms with Gasteiger partial charge in [0.15, 0.2) is 0 Å². The molecule has 0 aliphatic carbocycles. The highest BCUT2D eigenvalue weighted by atomic mass is 16.4. The largest absolute Gasteiger partial charge is 0.423 e. The van der Waals surface area contributed by atoms with E-state index in [4.69, 9.17) is 4.42 Å². The summed E-state index contributed by atoms with van der Waals surface area (Å²) in [7, 11) is 0. The van der Waals surface area contributed by atoms with E-state index >= 15 is 0 Å². The lowest BCUT2D eigenvalue weighted by atomic mass is 10.2. The van der Waals surface area contributed by atoms with Gasteiger partial charge in [0.2, 0.25) is 0 Å². The highest BCUT2D eigenvalue weighted by molar-refractivity contribution is 5.89. The monoisotopic (exact) mass is 284 g/mol. The maximum Gasteiger partial charge on any atom is 0.338 e. The van der Waals surface area contributed by atoms with Crippen LogP contribution in [0.25, 0.3) is 11.0 Å². The number of para-hydroxylation sites is 1. The van der Waals surface area contributed by atoms with E-state index in [1.54, 1.807) is 6.07 Å². The first-order valence-electron chi connectivity index (χ1n) is 6.80. The molecule has 1 N–H and O–H groups in total. The molecule has 0 radical (unpaired) electrons. The minimum atomic E-state index is -0.374. The number of rotatable bonds is 4. The minimum absolute atomic E-state index is 0.238. The summed E-state index contributed by atoms with van der Waals surface area (Å²) in [6, 6.07) is 9.13. The average molecular weight is 284 g/mol. The third-order valence-corrected chi connectivity index (χ3v) is 3.22. The summed E-state index contributed by atoms with van der Waals surface area (Å²) in [6.45, 7) is 4.58. The van der Waals surface area contributed by atoms with Crippen LogP contribution in [0.15, 0.2) is 45.9 Å². The molecule has 0 unspecified atom stereocenters. The van der Waals surface area contributed by atoms with E-state index in [1.807, 2.05) is 36.7 Å². The van der Waals surface area contributed by atoms with Crippen molar-refractivity contribution in [2.75, 3.05) is 5.32 Å². The molecule has 0 amide bonds. The van der Waals surface area contributed by atoms with Gasteiger partial charge in [-0.25, -0.2) is 14.5 Å². The van der Waals surface area contributed by atoms with Gasteiger partial charge in [0.25, 0.3) is 0 Å². The highest BCUT2D eigenvalue weighted by Crippen LogP contribution is 2.21. The molecule has 1 aromatic carbocycles. The van der Waals surface area contributed by atoms with Gasteiger partial charge in [0.05, 0.1) is 12.2 Å². The fourth-order valence-corrected chi connectivity index (χ4v) is 2.26. The molecule has 0 aliphatic heterocycles. The first-order chi connectivity index (χ1) is 10.1. The molecular formula is C15H16N4O2. The van der Waals surface area contributed by atoms with Crippen molar-refractivity contribution < 1.29 is 4.42 Å². The van der Waals surface area contributed by atoms with Crippen molar-refractivity contribution in [3.63, 3.8) is 0 Å². The fraction of sp³-hybridized carbons (Fsp3) is 0.267. The third kappa shape index (κ3) is 2.65. The maximum absolute atomic E-state index is 11.6. The van der Waals surface area contributed by atoms with Crippen LogP contribution in [0, 0.1) is 0 Å². The summed E-state index contributed by atoms with van der Waals surface area (Å²) in [4.78, 5) is 15.8. The lowest BCUT2D eigenvalue weighted by Gasteiger charge is -2.11. The first kappa shape index (κ1) is 13.4. The molecule has 6 heteroatoms. The summed E-state index contributed by atoms with van der Waals surface area (Å²) < 4.78 is 7.02. The van der Waals surface area contributed by atoms with Crippen molar-refractivity contribution in [1.29, 1.82) is 0 Å². The normalized spacial score (nSPS) is 11.2. The van der Waals surface area contributed by atoms with Crippen molar-refractivity contribution >= 4 is 16.7 Å². The van der Waals surface area contributed by atoms with Gasteiger partial charge in [0, 0.05) is 17.5 Å². The Kier molecular flexibility index (Phi) is 3.43. The van der Waals surface area contributed by atoms with Crippen molar-refractivity contribution in [3.05, 3.63) is 52.9 Å². The highest BCUT2D eigenvalue weighted by Gasteiger charge is 2.09. The smallest absolute Gasteiger partial charge is 0.338 e. The zero-order valence-corrected chi connectivity index (χ0v) is 11.9. The molecule has 0 atom stereocenters. The number of fused-ring (bicyclic) bond motifs is 1. The number of aromatic nitrogens is 3. The Hall–Kier alpha value is -2.63. The standard InChI is InChI=1S/C15H16N4O2/c1-10(2)19-14(17-9-18-19)8-16-12-7-15(20)21-13-6-4-3-5-11(12)13/h3-7,9-10,16H,8H2,1-2H3. The number of hydrogen-bond acceptors (Lipinski definition) is 5. The molecule has 2 aromatic heterocycles. The molecule has 0 fully saturated rings. The Morgan fingerprint density at radius 1 is 1.33 bits per heavy atom. The molecule has 0 saturated heterocycles. The van der Waals surface area contributed by atoms with Gasteiger partial charge in [-0.05, 0) is 26.0 Å². The first-order valence-corrected chi connectivity index (χ1v) is 6.80. The molecule has 6 nitrogen and oxygen atoms in total. The number of benzene rings is 1. The molecular weight excluding hydrogens is 268 g/mol. The van der Waals surface area contributed by atoms with Gasteiger partial charge in [-0.3, -0.25) is 0 Å². The molecule has 108 valence electrons. The third-order valence-electron chi connectivity index (χ3n) is 3.22. The summed E-state index contributed by atoms with van der Waals surface area (Å²) in [6.07, 6.45) is 1.54. The summed E-state index contributed by atoms with van der Waals surface area (Å²) in [5.41, 5.74) is 0.930. The zero-order chi connectivity index (χ0) is 14.8. The van der Waals surface area contributed by atoms with E-state index in [1.165, 1.54) is 12.4 Å². The quantitative estimate of drug-likeness (QED) is 0.745. The van der Waals surface area contributed by atoms with Gasteiger partial charge in [0.1, 0.15) is 17.7 Å². The molecule has 3 aromatic rings. The second-order valence-corrected chi connectivity index (χ2v) is 5.04. The number of nitrogens with one attached hydrogen (secondary N) is 1.